The van der Waals surface area contributed by atoms with E-state index in [0.29, 0.717) is 11.4 Å². The molecule has 0 spiro atoms. The molecule has 3 rings (SSSR count). The molecule has 0 N–H and O–H groups in total. The molecule has 5 heteroatoms. The third-order valence-electron chi connectivity index (χ3n) is 4.88. The molecule has 3 nitrogen and oxygen atoms in total. The molecule has 0 aliphatic carbocycles. The first-order valence-corrected chi connectivity index (χ1v) is 10.3. The summed E-state index contributed by atoms with van der Waals surface area (Å²) in [5.41, 5.74) is 1.84. The van der Waals surface area contributed by atoms with E-state index in [1.807, 2.05) is 25.1 Å². The van der Waals surface area contributed by atoms with Crippen molar-refractivity contribution in [3.8, 4) is 0 Å². The van der Waals surface area contributed by atoms with E-state index in [1.54, 1.807) is 22.5 Å². The molecule has 25 heavy (non-hydrogen) atoms. The summed E-state index contributed by atoms with van der Waals surface area (Å²) >= 11 is 0. The molecule has 1 fully saturated rings. The van der Waals surface area contributed by atoms with Gasteiger partial charge in [0.05, 0.1) is 10.9 Å². The van der Waals surface area contributed by atoms with Gasteiger partial charge in [0, 0.05) is 6.54 Å². The third-order valence-corrected chi connectivity index (χ3v) is 6.80. The summed E-state index contributed by atoms with van der Waals surface area (Å²) in [6, 6.07) is 13.1. The largest absolute Gasteiger partial charge is 0.243 e. The predicted octanol–water partition coefficient (Wildman–Crippen LogP) is 4.69. The molecule has 0 aromatic heterocycles. The maximum atomic E-state index is 13.7. The van der Waals surface area contributed by atoms with Gasteiger partial charge in [0.25, 0.3) is 0 Å². The Kier molecular flexibility index (Phi) is 5.54. The molecular formula is C20H24FNO2S. The maximum absolute atomic E-state index is 13.7. The molecule has 1 aliphatic heterocycles. The van der Waals surface area contributed by atoms with Gasteiger partial charge < -0.3 is 0 Å². The van der Waals surface area contributed by atoms with Gasteiger partial charge in [-0.05, 0) is 54.7 Å². The zero-order chi connectivity index (χ0) is 17.9. The second kappa shape index (κ2) is 7.67. The highest BCUT2D eigenvalue weighted by Gasteiger charge is 2.33. The molecule has 1 saturated heterocycles. The number of sulfonamides is 1. The van der Waals surface area contributed by atoms with Crippen LogP contribution in [0.1, 0.15) is 49.8 Å². The van der Waals surface area contributed by atoms with E-state index in [0.717, 1.165) is 43.2 Å². The average Bonchev–Trinajstić information content (AvgIpc) is 2.88. The lowest BCUT2D eigenvalue weighted by atomic mass is 10.0. The molecule has 0 radical (unpaired) electrons. The zero-order valence-electron chi connectivity index (χ0n) is 14.5. The van der Waals surface area contributed by atoms with Crippen molar-refractivity contribution in [3.63, 3.8) is 0 Å². The Morgan fingerprint density at radius 3 is 2.52 bits per heavy atom. The van der Waals surface area contributed by atoms with Crippen LogP contribution in [0.2, 0.25) is 0 Å². The number of hydrogen-bond acceptors (Lipinski definition) is 2. The van der Waals surface area contributed by atoms with E-state index in [2.05, 4.69) is 0 Å². The molecule has 1 unspecified atom stereocenters. The second-order valence-electron chi connectivity index (χ2n) is 6.53. The predicted molar refractivity (Wildman–Crippen MR) is 97.3 cm³/mol. The minimum absolute atomic E-state index is 0.311. The molecule has 0 amide bonds. The molecule has 134 valence electrons. The van der Waals surface area contributed by atoms with Gasteiger partial charge in [0.15, 0.2) is 0 Å². The van der Waals surface area contributed by atoms with E-state index < -0.39 is 10.0 Å². The van der Waals surface area contributed by atoms with Gasteiger partial charge >= 0.3 is 0 Å². The lowest BCUT2D eigenvalue weighted by Gasteiger charge is -2.29. The lowest BCUT2D eigenvalue weighted by Crippen LogP contribution is -2.34. The molecule has 1 atom stereocenters. The first-order chi connectivity index (χ1) is 12.0. The van der Waals surface area contributed by atoms with Crippen LogP contribution in [-0.2, 0) is 16.4 Å². The highest BCUT2D eigenvalue weighted by Crippen LogP contribution is 2.34. The van der Waals surface area contributed by atoms with Crippen molar-refractivity contribution in [1.82, 2.24) is 4.31 Å². The summed E-state index contributed by atoms with van der Waals surface area (Å²) in [7, 11) is -3.61. The van der Waals surface area contributed by atoms with Crippen LogP contribution in [0, 0.1) is 5.82 Å². The fourth-order valence-corrected chi connectivity index (χ4v) is 5.13. The van der Waals surface area contributed by atoms with Crippen LogP contribution >= 0.6 is 0 Å². The molecular weight excluding hydrogens is 337 g/mol. The first-order valence-electron chi connectivity index (χ1n) is 8.88. The van der Waals surface area contributed by atoms with Gasteiger partial charge in [-0.3, -0.25) is 0 Å². The molecule has 0 bridgehead atoms. The fraction of sp³-hybridized carbons (Fsp3) is 0.400. The van der Waals surface area contributed by atoms with Crippen molar-refractivity contribution in [3.05, 3.63) is 65.5 Å². The molecule has 1 aliphatic rings. The van der Waals surface area contributed by atoms with Gasteiger partial charge in [0.2, 0.25) is 10.0 Å². The summed E-state index contributed by atoms with van der Waals surface area (Å²) in [6.07, 6.45) is 4.36. The molecule has 0 saturated carbocycles. The minimum atomic E-state index is -3.61. The van der Waals surface area contributed by atoms with Crippen molar-refractivity contribution >= 4 is 10.0 Å². The van der Waals surface area contributed by atoms with Crippen molar-refractivity contribution in [1.29, 1.82) is 0 Å². The average molecular weight is 361 g/mol. The van der Waals surface area contributed by atoms with Gasteiger partial charge in [-0.15, -0.1) is 0 Å². The highest BCUT2D eigenvalue weighted by molar-refractivity contribution is 7.89. The van der Waals surface area contributed by atoms with Crippen molar-refractivity contribution in [2.75, 3.05) is 6.54 Å². The quantitative estimate of drug-likeness (QED) is 0.792. The van der Waals surface area contributed by atoms with Gasteiger partial charge in [-0.1, -0.05) is 44.0 Å². The number of benzene rings is 2. The van der Waals surface area contributed by atoms with Crippen LogP contribution < -0.4 is 0 Å². The summed E-state index contributed by atoms with van der Waals surface area (Å²) < 4.78 is 41.7. The van der Waals surface area contributed by atoms with Crippen LogP contribution in [0.15, 0.2) is 53.4 Å². The Hall–Kier alpha value is -1.72. The van der Waals surface area contributed by atoms with E-state index in [4.69, 9.17) is 0 Å². The highest BCUT2D eigenvalue weighted by atomic mass is 32.2. The normalized spacial score (nSPS) is 19.5. The minimum Gasteiger partial charge on any atom is -0.207 e. The van der Waals surface area contributed by atoms with Crippen molar-refractivity contribution in [2.24, 2.45) is 0 Å². The Balaban J connectivity index is 1.99. The summed E-state index contributed by atoms with van der Waals surface area (Å²) in [5.74, 6) is -0.327. The van der Waals surface area contributed by atoms with Crippen molar-refractivity contribution in [2.45, 2.75) is 50.0 Å². The second-order valence-corrected chi connectivity index (χ2v) is 8.42. The Labute approximate surface area is 149 Å². The van der Waals surface area contributed by atoms with Gasteiger partial charge in [0.1, 0.15) is 5.82 Å². The fourth-order valence-electron chi connectivity index (χ4n) is 3.45. The summed E-state index contributed by atoms with van der Waals surface area (Å²) in [5, 5.41) is 0. The van der Waals surface area contributed by atoms with E-state index in [9.17, 15) is 12.8 Å². The molecule has 2 aromatic carbocycles. The number of nitrogens with zero attached hydrogens (tertiary/aromatic N) is 1. The standard InChI is InChI=1S/C20H24FNO2S/c1-2-16-10-12-19(13-11-16)25(23,24)22-14-5-3-4-9-20(22)17-7-6-8-18(21)15-17/h6-8,10-13,15,20H,2-5,9,14H2,1H3. The summed E-state index contributed by atoms with van der Waals surface area (Å²) in [4.78, 5) is 0.313. The molecule has 2 aromatic rings. The molecule has 1 heterocycles. The third kappa shape index (κ3) is 3.93. The van der Waals surface area contributed by atoms with E-state index >= 15 is 0 Å². The van der Waals surface area contributed by atoms with E-state index in [-0.39, 0.29) is 11.9 Å². The SMILES string of the molecule is CCc1ccc(S(=O)(=O)N2CCCCCC2c2cccc(F)c2)cc1. The van der Waals surface area contributed by atoms with Crippen LogP contribution in [-0.4, -0.2) is 19.3 Å². The van der Waals surface area contributed by atoms with Crippen LogP contribution in [0.5, 0.6) is 0 Å². The number of aryl methyl sites for hydroxylation is 1. The Morgan fingerprint density at radius 2 is 1.84 bits per heavy atom. The van der Waals surface area contributed by atoms with Crippen LogP contribution in [0.25, 0.3) is 0 Å². The number of hydrogen-bond donors (Lipinski definition) is 0. The number of rotatable bonds is 4. The van der Waals surface area contributed by atoms with Crippen molar-refractivity contribution < 1.29 is 12.8 Å². The topological polar surface area (TPSA) is 37.4 Å². The summed E-state index contributed by atoms with van der Waals surface area (Å²) in [6.45, 7) is 2.51. The first kappa shape index (κ1) is 18.1. The monoisotopic (exact) mass is 361 g/mol. The lowest BCUT2D eigenvalue weighted by molar-refractivity contribution is 0.328. The Bertz CT molecular complexity index is 818. The Morgan fingerprint density at radius 1 is 1.08 bits per heavy atom. The zero-order valence-corrected chi connectivity index (χ0v) is 15.3. The van der Waals surface area contributed by atoms with Gasteiger partial charge in [-0.2, -0.15) is 4.31 Å². The maximum Gasteiger partial charge on any atom is 0.243 e. The van der Waals surface area contributed by atoms with E-state index in [1.165, 1.54) is 12.1 Å². The smallest absolute Gasteiger partial charge is 0.207 e. The van der Waals surface area contributed by atoms with Gasteiger partial charge in [-0.25, -0.2) is 12.8 Å². The number of halogens is 1. The van der Waals surface area contributed by atoms with Crippen LogP contribution in [0.4, 0.5) is 4.39 Å². The van der Waals surface area contributed by atoms with Crippen LogP contribution in [0.3, 0.4) is 0 Å².